The number of amides is 2. The van der Waals surface area contributed by atoms with Gasteiger partial charge in [0.15, 0.2) is 10.3 Å². The minimum Gasteiger partial charge on any atom is -0.496 e. The first kappa shape index (κ1) is 41.6. The molecule has 0 saturated carbocycles. The Bertz CT molecular complexity index is 2350. The molecule has 0 spiro atoms. The third kappa shape index (κ3) is 9.05. The fraction of sp³-hybridized carbons (Fsp3) is 0.293. The maximum atomic E-state index is 13.9. The van der Waals surface area contributed by atoms with Crippen LogP contribution in [0.25, 0.3) is 20.4 Å². The molecule has 0 radical (unpaired) electrons. The number of carbonyl (C=O) groups is 3. The van der Waals surface area contributed by atoms with Crippen LogP contribution in [0.4, 0.5) is 19.0 Å². The number of benzene rings is 4. The molecule has 2 aromatic heterocycles. The van der Waals surface area contributed by atoms with Crippen LogP contribution in [-0.4, -0.2) is 105 Å². The fourth-order valence-electron chi connectivity index (χ4n) is 6.85. The first-order valence-electron chi connectivity index (χ1n) is 18.1. The Labute approximate surface area is 341 Å². The van der Waals surface area contributed by atoms with Crippen molar-refractivity contribution in [3.05, 3.63) is 95.6 Å². The number of methoxy groups -OCH3 is 4. The summed E-state index contributed by atoms with van der Waals surface area (Å²) in [5.74, 6) is 1.12. The molecule has 0 bridgehead atoms. The van der Waals surface area contributed by atoms with Gasteiger partial charge in [-0.05, 0) is 67.4 Å². The van der Waals surface area contributed by atoms with E-state index in [-0.39, 0.29) is 35.5 Å². The van der Waals surface area contributed by atoms with Crippen LogP contribution in [0.15, 0.2) is 72.8 Å². The smallest absolute Gasteiger partial charge is 0.261 e. The molecule has 17 heteroatoms. The first-order valence-corrected chi connectivity index (χ1v) is 19.8. The van der Waals surface area contributed by atoms with Crippen LogP contribution in [0.5, 0.6) is 23.0 Å². The standard InChI is InChI=1S/2C20H20FN3O3S.CH2O/c1-26-14-6-4-7-15(27-2)17(14)19(25)24-10-9-12(11-24)22-20-23-18-13(21)5-3-8-16(18)28-20;1-26-15-4-3-5-16(27-2)18(15)19(25)24-9-8-13(11-24)22-20-23-14-7-6-12(21)10-17(14)28-20;1-2/h3-8,12H,9-11H2,1-2H3,(H,22,23);3-7,10,13H,8-9,11H2,1-2H3,(H,22,23);1H2/t12-;13-;/m11./s1. The highest BCUT2D eigenvalue weighted by Gasteiger charge is 2.32. The normalized spacial score (nSPS) is 15.9. The Balaban J connectivity index is 0.000000188. The minimum atomic E-state index is -0.326. The van der Waals surface area contributed by atoms with Crippen molar-refractivity contribution in [1.82, 2.24) is 19.8 Å². The predicted molar refractivity (Wildman–Crippen MR) is 221 cm³/mol. The summed E-state index contributed by atoms with van der Waals surface area (Å²) in [4.78, 5) is 46.5. The van der Waals surface area contributed by atoms with Crippen molar-refractivity contribution < 1.29 is 42.1 Å². The van der Waals surface area contributed by atoms with Gasteiger partial charge < -0.3 is 44.2 Å². The van der Waals surface area contributed by atoms with Gasteiger partial charge in [-0.15, -0.1) is 0 Å². The van der Waals surface area contributed by atoms with Crippen molar-refractivity contribution in [2.24, 2.45) is 0 Å². The molecule has 2 aliphatic rings. The van der Waals surface area contributed by atoms with Crippen LogP contribution in [0.1, 0.15) is 33.6 Å². The number of fused-ring (bicyclic) bond motifs is 2. The van der Waals surface area contributed by atoms with Crippen LogP contribution in [0.3, 0.4) is 0 Å². The van der Waals surface area contributed by atoms with Crippen molar-refractivity contribution in [2.45, 2.75) is 24.9 Å². The monoisotopic (exact) mass is 832 g/mol. The van der Waals surface area contributed by atoms with Gasteiger partial charge in [-0.2, -0.15) is 0 Å². The summed E-state index contributed by atoms with van der Waals surface area (Å²) in [5.41, 5.74) is 2.00. The highest BCUT2D eigenvalue weighted by molar-refractivity contribution is 7.22. The average molecular weight is 833 g/mol. The van der Waals surface area contributed by atoms with Gasteiger partial charge in [0.05, 0.1) is 43.4 Å². The van der Waals surface area contributed by atoms with E-state index in [1.807, 2.05) is 12.9 Å². The molecule has 58 heavy (non-hydrogen) atoms. The molecule has 2 amide bonds. The summed E-state index contributed by atoms with van der Waals surface area (Å²) >= 11 is 2.82. The molecule has 2 atom stereocenters. The van der Waals surface area contributed by atoms with Gasteiger partial charge in [-0.1, -0.05) is 40.9 Å². The Morgan fingerprint density at radius 3 is 1.62 bits per heavy atom. The lowest BCUT2D eigenvalue weighted by Crippen LogP contribution is -2.32. The summed E-state index contributed by atoms with van der Waals surface area (Å²) in [6.07, 6.45) is 1.58. The van der Waals surface area contributed by atoms with Gasteiger partial charge in [0.25, 0.3) is 11.8 Å². The molecule has 8 rings (SSSR count). The topological polar surface area (TPSA) is 144 Å². The summed E-state index contributed by atoms with van der Waals surface area (Å²) in [6.45, 7) is 4.30. The molecule has 2 N–H and O–H groups in total. The van der Waals surface area contributed by atoms with Crippen molar-refractivity contribution in [3.63, 3.8) is 0 Å². The van der Waals surface area contributed by atoms with E-state index in [1.165, 1.54) is 69.3 Å². The molecule has 2 aliphatic heterocycles. The number of anilines is 2. The van der Waals surface area contributed by atoms with Gasteiger partial charge in [0.2, 0.25) is 0 Å². The first-order chi connectivity index (χ1) is 28.2. The number of hydrogen-bond acceptors (Lipinski definition) is 13. The van der Waals surface area contributed by atoms with E-state index in [0.29, 0.717) is 71.0 Å². The Morgan fingerprint density at radius 2 is 1.14 bits per heavy atom. The number of carbonyl (C=O) groups excluding carboxylic acids is 3. The Kier molecular flexibility index (Phi) is 13.6. The SMILES string of the molecule is C=O.COc1cccc(OC)c1C(=O)N1CC[C@@H](Nc2nc3c(F)cccc3s2)C1.COc1cccc(OC)c1C(=O)N1CC[C@@H](Nc2nc3ccc(F)cc3s2)C1. The van der Waals surface area contributed by atoms with Crippen molar-refractivity contribution in [2.75, 3.05) is 65.3 Å². The number of para-hydroxylation sites is 1. The largest absolute Gasteiger partial charge is 0.496 e. The van der Waals surface area contributed by atoms with E-state index in [1.54, 1.807) is 58.3 Å². The van der Waals surface area contributed by atoms with E-state index in [0.717, 1.165) is 32.9 Å². The van der Waals surface area contributed by atoms with E-state index >= 15 is 0 Å². The zero-order valence-corrected chi connectivity index (χ0v) is 33.9. The summed E-state index contributed by atoms with van der Waals surface area (Å²) < 4.78 is 50.2. The molecule has 2 fully saturated rings. The van der Waals surface area contributed by atoms with Gasteiger partial charge in [0.1, 0.15) is 58.1 Å². The number of rotatable bonds is 10. The van der Waals surface area contributed by atoms with E-state index in [4.69, 9.17) is 23.7 Å². The molecule has 0 aliphatic carbocycles. The second kappa shape index (κ2) is 18.9. The zero-order valence-electron chi connectivity index (χ0n) is 32.3. The van der Waals surface area contributed by atoms with Gasteiger partial charge in [0, 0.05) is 38.3 Å². The van der Waals surface area contributed by atoms with E-state index in [2.05, 4.69) is 20.6 Å². The van der Waals surface area contributed by atoms with Gasteiger partial charge in [-0.3, -0.25) is 9.59 Å². The molecule has 13 nitrogen and oxygen atoms in total. The third-order valence-electron chi connectivity index (χ3n) is 9.61. The Morgan fingerprint density at radius 1 is 0.672 bits per heavy atom. The molecule has 4 heterocycles. The highest BCUT2D eigenvalue weighted by atomic mass is 32.1. The zero-order chi connectivity index (χ0) is 41.3. The average Bonchev–Trinajstić information content (AvgIpc) is 4.08. The van der Waals surface area contributed by atoms with Crippen LogP contribution in [0.2, 0.25) is 0 Å². The van der Waals surface area contributed by atoms with E-state index < -0.39 is 0 Å². The quantitative estimate of drug-likeness (QED) is 0.143. The number of likely N-dealkylation sites (tertiary alicyclic amines) is 2. The van der Waals surface area contributed by atoms with Crippen LogP contribution >= 0.6 is 22.7 Å². The van der Waals surface area contributed by atoms with Crippen LogP contribution < -0.4 is 29.6 Å². The van der Waals surface area contributed by atoms with Crippen molar-refractivity contribution in [1.29, 1.82) is 0 Å². The molecule has 2 saturated heterocycles. The maximum Gasteiger partial charge on any atom is 0.261 e. The van der Waals surface area contributed by atoms with Gasteiger partial charge >= 0.3 is 0 Å². The second-order valence-corrected chi connectivity index (χ2v) is 15.1. The lowest BCUT2D eigenvalue weighted by Gasteiger charge is -2.20. The number of nitrogens with one attached hydrogen (secondary N) is 2. The maximum absolute atomic E-state index is 13.9. The number of ether oxygens (including phenoxy) is 4. The fourth-order valence-corrected chi connectivity index (χ4v) is 8.78. The van der Waals surface area contributed by atoms with Crippen LogP contribution in [-0.2, 0) is 4.79 Å². The summed E-state index contributed by atoms with van der Waals surface area (Å²) in [7, 11) is 6.14. The number of nitrogens with zero attached hydrogens (tertiary/aromatic N) is 4. The second-order valence-electron chi connectivity index (χ2n) is 13.1. The van der Waals surface area contributed by atoms with Crippen LogP contribution in [0, 0.1) is 11.6 Å². The molecular weight excluding hydrogens is 791 g/mol. The lowest BCUT2D eigenvalue weighted by molar-refractivity contribution is -0.0980. The van der Waals surface area contributed by atoms with Gasteiger partial charge in [-0.25, -0.2) is 18.7 Å². The number of halogens is 2. The lowest BCUT2D eigenvalue weighted by atomic mass is 10.1. The van der Waals surface area contributed by atoms with Crippen molar-refractivity contribution >= 4 is 72.0 Å². The predicted octanol–water partition coefficient (Wildman–Crippen LogP) is 7.37. The molecular formula is C41H42F2N6O7S2. The highest BCUT2D eigenvalue weighted by Crippen LogP contribution is 2.34. The van der Waals surface area contributed by atoms with Crippen molar-refractivity contribution in [3.8, 4) is 23.0 Å². The van der Waals surface area contributed by atoms with E-state index in [9.17, 15) is 18.4 Å². The molecule has 0 unspecified atom stereocenters. The number of hydrogen-bond donors (Lipinski definition) is 2. The summed E-state index contributed by atoms with van der Waals surface area (Å²) in [6, 6.07) is 20.2. The Hall–Kier alpha value is -6.07. The molecule has 4 aromatic carbocycles. The molecule has 6 aromatic rings. The number of thiazole rings is 2. The molecule has 304 valence electrons. The summed E-state index contributed by atoms with van der Waals surface area (Å²) in [5, 5.41) is 8.10. The minimum absolute atomic E-state index is 0.0493. The number of aromatic nitrogens is 2. The third-order valence-corrected chi connectivity index (χ3v) is 11.5.